The number of carbonyl (C=O) groups is 4. The molecule has 0 spiro atoms. The smallest absolute Gasteiger partial charge is 0.481 e. The summed E-state index contributed by atoms with van der Waals surface area (Å²) in [5.41, 5.74) is 1.15. The molecule has 0 radical (unpaired) electrons. The van der Waals surface area contributed by atoms with E-state index in [1.807, 2.05) is 6.92 Å². The van der Waals surface area contributed by atoms with Gasteiger partial charge in [0, 0.05) is 50.4 Å². The molecule has 1 saturated heterocycles. The highest BCUT2D eigenvalue weighted by molar-refractivity contribution is 5.96. The van der Waals surface area contributed by atoms with Crippen LogP contribution in [0, 0.1) is 11.7 Å². The fraction of sp³-hybridized carbons (Fsp3) is 0.533. The maximum atomic E-state index is 13.6. The van der Waals surface area contributed by atoms with Crippen LogP contribution in [-0.4, -0.2) is 102 Å². The Morgan fingerprint density at radius 2 is 1.84 bits per heavy atom. The van der Waals surface area contributed by atoms with Gasteiger partial charge >= 0.3 is 12.1 Å². The van der Waals surface area contributed by atoms with E-state index in [2.05, 4.69) is 15.3 Å². The standard InChI is InChI=1S/C30H38FN5O8/c1-3-4-15-43-30(41)44-36-13-11-35(12-14-36)29(40)23(9-10-26(37)38)34-28(39)25-17-24(22-16-20(22)18-42-2)32-27(33-25)19-5-7-21(31)8-6-19/h5-8,17,20,22-23H,3-4,9-16,18H2,1-2H3,(H,34,39)(H,37,38)/t20-,22+,23+/m1/s1. The van der Waals surface area contributed by atoms with Crippen molar-refractivity contribution in [1.29, 1.82) is 0 Å². The predicted octanol–water partition coefficient (Wildman–Crippen LogP) is 3.01. The van der Waals surface area contributed by atoms with Gasteiger partial charge in [0.15, 0.2) is 5.82 Å². The Kier molecular flexibility index (Phi) is 11.6. The summed E-state index contributed by atoms with van der Waals surface area (Å²) >= 11 is 0. The number of nitrogens with one attached hydrogen (secondary N) is 1. The zero-order chi connectivity index (χ0) is 31.6. The normalized spacial score (nSPS) is 18.8. The van der Waals surface area contributed by atoms with Crippen LogP contribution in [0.3, 0.4) is 0 Å². The summed E-state index contributed by atoms with van der Waals surface area (Å²) in [4.78, 5) is 66.0. The Hall–Kier alpha value is -4.17. The number of hydroxylamine groups is 2. The van der Waals surface area contributed by atoms with Gasteiger partial charge in [-0.2, -0.15) is 0 Å². The van der Waals surface area contributed by atoms with Crippen molar-refractivity contribution in [1.82, 2.24) is 25.2 Å². The van der Waals surface area contributed by atoms with Crippen molar-refractivity contribution in [3.63, 3.8) is 0 Å². The minimum absolute atomic E-state index is 0.00493. The van der Waals surface area contributed by atoms with E-state index in [-0.39, 0.29) is 69.0 Å². The molecule has 2 N–H and O–H groups in total. The highest BCUT2D eigenvalue weighted by atomic mass is 19.1. The quantitative estimate of drug-likeness (QED) is 0.237. The number of hydrogen-bond donors (Lipinski definition) is 2. The van der Waals surface area contributed by atoms with Crippen molar-refractivity contribution in [2.45, 2.75) is 51.0 Å². The van der Waals surface area contributed by atoms with Gasteiger partial charge in [0.1, 0.15) is 17.6 Å². The Bertz CT molecular complexity index is 1320. The highest BCUT2D eigenvalue weighted by Crippen LogP contribution is 2.47. The molecule has 44 heavy (non-hydrogen) atoms. The van der Waals surface area contributed by atoms with Crippen LogP contribution in [0.15, 0.2) is 30.3 Å². The first-order chi connectivity index (χ1) is 21.2. The van der Waals surface area contributed by atoms with Crippen molar-refractivity contribution in [2.24, 2.45) is 5.92 Å². The van der Waals surface area contributed by atoms with E-state index in [4.69, 9.17) is 14.3 Å². The van der Waals surface area contributed by atoms with Crippen LogP contribution in [0.1, 0.15) is 61.1 Å². The molecule has 2 heterocycles. The Morgan fingerprint density at radius 3 is 2.50 bits per heavy atom. The second-order valence-electron chi connectivity index (χ2n) is 10.8. The zero-order valence-electron chi connectivity index (χ0n) is 24.9. The Labute approximate surface area is 254 Å². The van der Waals surface area contributed by atoms with Gasteiger partial charge in [-0.15, -0.1) is 5.06 Å². The molecule has 2 fully saturated rings. The van der Waals surface area contributed by atoms with Crippen molar-refractivity contribution in [3.8, 4) is 11.4 Å². The zero-order valence-corrected chi connectivity index (χ0v) is 24.9. The lowest BCUT2D eigenvalue weighted by atomic mass is 10.1. The average Bonchev–Trinajstić information content (AvgIpc) is 3.79. The number of carboxylic acids is 1. The second-order valence-corrected chi connectivity index (χ2v) is 10.8. The molecule has 0 unspecified atom stereocenters. The number of halogens is 1. The van der Waals surface area contributed by atoms with Crippen molar-refractivity contribution in [3.05, 3.63) is 47.5 Å². The topological polar surface area (TPSA) is 160 Å². The lowest BCUT2D eigenvalue weighted by Gasteiger charge is -2.35. The number of hydrogen-bond acceptors (Lipinski definition) is 10. The predicted molar refractivity (Wildman–Crippen MR) is 154 cm³/mol. The molecule has 4 rings (SSSR count). The molecule has 1 aromatic heterocycles. The van der Waals surface area contributed by atoms with Crippen molar-refractivity contribution >= 4 is 23.9 Å². The molecule has 0 bridgehead atoms. The first-order valence-corrected chi connectivity index (χ1v) is 14.7. The summed E-state index contributed by atoms with van der Waals surface area (Å²) in [7, 11) is 1.61. The minimum Gasteiger partial charge on any atom is -0.481 e. The number of piperazine rings is 1. The third-order valence-corrected chi connectivity index (χ3v) is 7.49. The van der Waals surface area contributed by atoms with Crippen LogP contribution in [-0.2, 0) is 23.9 Å². The molecule has 2 amide bonds. The van der Waals surface area contributed by atoms with E-state index in [0.29, 0.717) is 17.9 Å². The number of rotatable bonds is 14. The molecule has 3 atom stereocenters. The second kappa shape index (κ2) is 15.5. The maximum absolute atomic E-state index is 13.6. The lowest BCUT2D eigenvalue weighted by Crippen LogP contribution is -2.55. The lowest BCUT2D eigenvalue weighted by molar-refractivity contribution is -0.158. The van der Waals surface area contributed by atoms with E-state index < -0.39 is 35.8 Å². The fourth-order valence-corrected chi connectivity index (χ4v) is 4.92. The van der Waals surface area contributed by atoms with Crippen molar-refractivity contribution in [2.75, 3.05) is 46.5 Å². The average molecular weight is 616 g/mol. The SMILES string of the molecule is CCCCOC(=O)ON1CCN(C(=O)[C@H](CCC(=O)O)NC(=O)c2cc([C@H]3C[C@@H]3COC)nc(-c3ccc(F)cc3)n2)CC1. The largest absolute Gasteiger partial charge is 0.527 e. The highest BCUT2D eigenvalue weighted by Gasteiger charge is 2.40. The van der Waals surface area contributed by atoms with Crippen LogP contribution in [0.4, 0.5) is 9.18 Å². The third kappa shape index (κ3) is 9.16. The minimum atomic E-state index is -1.14. The number of ether oxygens (including phenoxy) is 2. The molecule has 2 aliphatic rings. The van der Waals surface area contributed by atoms with Gasteiger partial charge in [-0.1, -0.05) is 13.3 Å². The third-order valence-electron chi connectivity index (χ3n) is 7.49. The molecule has 238 valence electrons. The van der Waals surface area contributed by atoms with Gasteiger partial charge in [-0.3, -0.25) is 14.4 Å². The van der Waals surface area contributed by atoms with Crippen LogP contribution >= 0.6 is 0 Å². The number of benzene rings is 1. The van der Waals surface area contributed by atoms with Crippen LogP contribution in [0.2, 0.25) is 0 Å². The summed E-state index contributed by atoms with van der Waals surface area (Å²) in [5.74, 6) is -2.15. The first-order valence-electron chi connectivity index (χ1n) is 14.7. The van der Waals surface area contributed by atoms with Gasteiger partial charge in [-0.25, -0.2) is 19.2 Å². The maximum Gasteiger partial charge on any atom is 0.527 e. The van der Waals surface area contributed by atoms with Crippen LogP contribution in [0.5, 0.6) is 0 Å². The van der Waals surface area contributed by atoms with Gasteiger partial charge < -0.3 is 29.6 Å². The van der Waals surface area contributed by atoms with Crippen LogP contribution in [0.25, 0.3) is 11.4 Å². The van der Waals surface area contributed by atoms with Gasteiger partial charge in [-0.05, 0) is 55.5 Å². The van der Waals surface area contributed by atoms with Gasteiger partial charge in [0.2, 0.25) is 5.91 Å². The number of carbonyl (C=O) groups excluding carboxylic acids is 3. The van der Waals surface area contributed by atoms with Gasteiger partial charge in [0.05, 0.1) is 19.7 Å². The number of aromatic nitrogens is 2. The molecule has 1 saturated carbocycles. The van der Waals surface area contributed by atoms with Gasteiger partial charge in [0.25, 0.3) is 5.91 Å². The summed E-state index contributed by atoms with van der Waals surface area (Å²) in [6, 6.07) is 6.01. The van der Waals surface area contributed by atoms with E-state index in [1.54, 1.807) is 13.2 Å². The summed E-state index contributed by atoms with van der Waals surface area (Å²) in [6.45, 7) is 3.58. The Morgan fingerprint density at radius 1 is 1.11 bits per heavy atom. The fourth-order valence-electron chi connectivity index (χ4n) is 4.92. The number of nitrogens with zero attached hydrogens (tertiary/aromatic N) is 4. The molecule has 1 aliphatic carbocycles. The molecule has 14 heteroatoms. The van der Waals surface area contributed by atoms with E-state index in [9.17, 15) is 28.7 Å². The molecular formula is C30H38FN5O8. The molecule has 13 nitrogen and oxygen atoms in total. The monoisotopic (exact) mass is 615 g/mol. The van der Waals surface area contributed by atoms with Crippen LogP contribution < -0.4 is 5.32 Å². The molecular weight excluding hydrogens is 577 g/mol. The number of amides is 2. The summed E-state index contributed by atoms with van der Waals surface area (Å²) in [5, 5.41) is 13.4. The number of carboxylic acid groups (broad SMARTS) is 1. The Balaban J connectivity index is 1.47. The van der Waals surface area contributed by atoms with E-state index in [1.165, 1.54) is 34.2 Å². The first kappa shape index (κ1) is 32.7. The summed E-state index contributed by atoms with van der Waals surface area (Å²) in [6.07, 6.45) is 1.12. The number of unbranched alkanes of at least 4 members (excludes halogenated alkanes) is 1. The molecule has 1 aromatic carbocycles. The number of aliphatic carboxylic acids is 1. The molecule has 2 aromatic rings. The molecule has 1 aliphatic heterocycles. The summed E-state index contributed by atoms with van der Waals surface area (Å²) < 4.78 is 23.8. The van der Waals surface area contributed by atoms with Crippen molar-refractivity contribution < 1.29 is 43.0 Å². The van der Waals surface area contributed by atoms with E-state index in [0.717, 1.165) is 19.3 Å². The number of methoxy groups -OCH3 is 1. The van der Waals surface area contributed by atoms with E-state index >= 15 is 0 Å².